The maximum atomic E-state index is 9.98. The van der Waals surface area contributed by atoms with Crippen molar-refractivity contribution < 1.29 is 27.0 Å². The zero-order valence-electron chi connectivity index (χ0n) is 8.47. The minimum atomic E-state index is -0.985. The van der Waals surface area contributed by atoms with E-state index in [4.69, 9.17) is 0 Å². The van der Waals surface area contributed by atoms with Crippen LogP contribution >= 0.6 is 0 Å². The molecular formula is C13H9FeO2-7. The number of carbonyl (C=O) groups excluding carboxylic acids is 1. The molecule has 0 saturated carbocycles. The van der Waals surface area contributed by atoms with Gasteiger partial charge in [-0.05, 0) is 6.42 Å². The van der Waals surface area contributed by atoms with Crippen LogP contribution in [0.3, 0.4) is 0 Å². The molecule has 0 bridgehead atoms. The molecular weight excluding hydrogens is 244 g/mol. The van der Waals surface area contributed by atoms with Crippen LogP contribution in [0.4, 0.5) is 0 Å². The van der Waals surface area contributed by atoms with E-state index in [-0.39, 0.29) is 23.5 Å². The van der Waals surface area contributed by atoms with Gasteiger partial charge in [-0.3, -0.25) is 0 Å². The fraction of sp³-hybridized carbons (Fsp3) is 0.154. The molecule has 0 unspecified atom stereocenters. The van der Waals surface area contributed by atoms with E-state index in [1.165, 1.54) is 0 Å². The Morgan fingerprint density at radius 3 is 2.19 bits per heavy atom. The van der Waals surface area contributed by atoms with E-state index >= 15 is 0 Å². The monoisotopic (exact) mass is 253 g/mol. The molecule has 0 heterocycles. The summed E-state index contributed by atoms with van der Waals surface area (Å²) >= 11 is 0. The summed E-state index contributed by atoms with van der Waals surface area (Å²) in [4.78, 5) is 9.98. The number of hydrogen-bond donors (Lipinski definition) is 0. The molecule has 2 rings (SSSR count). The smallest absolute Gasteiger partial charge is 0.0407 e. The van der Waals surface area contributed by atoms with E-state index in [9.17, 15) is 9.90 Å². The number of carbonyl (C=O) groups is 1. The van der Waals surface area contributed by atoms with E-state index < -0.39 is 5.97 Å². The SMILES string of the molecule is O=C([O-])CC[c-]1cccc1.[Fe].[c-]1[c-][c-][cH-][c-]1. The third kappa shape index (κ3) is 7.04. The van der Waals surface area contributed by atoms with E-state index in [2.05, 4.69) is 24.3 Å². The average molecular weight is 253 g/mol. The van der Waals surface area contributed by atoms with Gasteiger partial charge in [-0.25, -0.2) is 12.1 Å². The predicted molar refractivity (Wildman–Crippen MR) is 52.7 cm³/mol. The van der Waals surface area contributed by atoms with E-state index in [1.807, 2.05) is 24.3 Å². The number of carboxylic acids is 1. The molecule has 0 atom stereocenters. The van der Waals surface area contributed by atoms with Crippen molar-refractivity contribution in [2.24, 2.45) is 0 Å². The third-order valence-electron chi connectivity index (χ3n) is 1.70. The van der Waals surface area contributed by atoms with E-state index in [0.29, 0.717) is 6.42 Å². The van der Waals surface area contributed by atoms with Crippen molar-refractivity contribution in [1.82, 2.24) is 0 Å². The number of rotatable bonds is 3. The van der Waals surface area contributed by atoms with Crippen LogP contribution in [0.15, 0.2) is 30.3 Å². The van der Waals surface area contributed by atoms with Crippen molar-refractivity contribution >= 4 is 5.97 Å². The molecule has 0 aliphatic heterocycles. The predicted octanol–water partition coefficient (Wildman–Crippen LogP) is 0.692. The first-order valence-corrected chi connectivity index (χ1v) is 4.52. The maximum Gasteiger partial charge on any atom is 0.0407 e. The fourth-order valence-corrected chi connectivity index (χ4v) is 1.01. The van der Waals surface area contributed by atoms with Gasteiger partial charge in [0.2, 0.25) is 0 Å². The molecule has 0 aromatic heterocycles. The minimum absolute atomic E-state index is 0. The zero-order chi connectivity index (χ0) is 10.9. The van der Waals surface area contributed by atoms with Crippen LogP contribution in [0, 0.1) is 24.3 Å². The van der Waals surface area contributed by atoms with Crippen molar-refractivity contribution in [3.63, 3.8) is 0 Å². The number of aliphatic carboxylic acids is 1. The Morgan fingerprint density at radius 2 is 1.81 bits per heavy atom. The van der Waals surface area contributed by atoms with Crippen LogP contribution < -0.4 is 5.11 Å². The van der Waals surface area contributed by atoms with Gasteiger partial charge in [0.1, 0.15) is 0 Å². The molecule has 0 aliphatic carbocycles. The molecule has 0 amide bonds. The van der Waals surface area contributed by atoms with Crippen LogP contribution in [0.25, 0.3) is 0 Å². The molecule has 3 heteroatoms. The summed E-state index contributed by atoms with van der Waals surface area (Å²) in [5, 5.41) is 9.98. The summed E-state index contributed by atoms with van der Waals surface area (Å²) in [5.41, 5.74) is 1.06. The van der Waals surface area contributed by atoms with Gasteiger partial charge in [-0.1, -0.05) is 6.42 Å². The summed E-state index contributed by atoms with van der Waals surface area (Å²) in [6.45, 7) is 0. The largest absolute Gasteiger partial charge is 0.999 e. The molecule has 0 spiro atoms. The fourth-order valence-electron chi connectivity index (χ4n) is 1.01. The van der Waals surface area contributed by atoms with Crippen LogP contribution in [0.5, 0.6) is 0 Å². The van der Waals surface area contributed by atoms with Crippen molar-refractivity contribution in [3.05, 3.63) is 60.2 Å². The molecule has 0 saturated heterocycles. The standard InChI is InChI=1S/C8H9O2.C5H.Fe/c9-8(10)6-5-7-3-1-2-4-7;1-2-4-5-3-1;/h1-4H,5-6H2,(H,9,10);1H;/q-1;-5;/p-1. The Balaban J connectivity index is 0.000000318. The molecule has 2 nitrogen and oxygen atoms in total. The minimum Gasteiger partial charge on any atom is -0.999 e. The van der Waals surface area contributed by atoms with E-state index in [1.54, 1.807) is 6.07 Å². The summed E-state index contributed by atoms with van der Waals surface area (Å²) < 4.78 is 0. The second-order valence-corrected chi connectivity index (χ2v) is 2.85. The van der Waals surface area contributed by atoms with E-state index in [0.717, 1.165) is 5.56 Å². The van der Waals surface area contributed by atoms with Crippen molar-refractivity contribution in [1.29, 1.82) is 0 Å². The molecule has 0 N–H and O–H groups in total. The second-order valence-electron chi connectivity index (χ2n) is 2.85. The number of aryl methyl sites for hydroxylation is 1. The average Bonchev–Trinajstić information content (AvgIpc) is 2.91. The van der Waals surface area contributed by atoms with Gasteiger partial charge in [-0.15, -0.1) is 0 Å². The van der Waals surface area contributed by atoms with Crippen LogP contribution in [-0.4, -0.2) is 5.97 Å². The molecule has 0 aliphatic rings. The summed E-state index contributed by atoms with van der Waals surface area (Å²) in [6.07, 6.45) is 0.694. The van der Waals surface area contributed by atoms with Crippen LogP contribution in [0.2, 0.25) is 0 Å². The first-order chi connectivity index (χ1) is 7.29. The van der Waals surface area contributed by atoms with Gasteiger partial charge in [0.15, 0.2) is 0 Å². The third-order valence-corrected chi connectivity index (χ3v) is 1.70. The summed E-state index contributed by atoms with van der Waals surface area (Å²) in [6, 6.07) is 19.6. The maximum absolute atomic E-state index is 9.98. The topological polar surface area (TPSA) is 40.1 Å². The Kier molecular flexibility index (Phi) is 8.22. The Morgan fingerprint density at radius 1 is 1.25 bits per heavy atom. The first kappa shape index (κ1) is 14.7. The van der Waals surface area contributed by atoms with Gasteiger partial charge >= 0.3 is 0 Å². The van der Waals surface area contributed by atoms with Gasteiger partial charge in [0, 0.05) is 23.0 Å². The Labute approximate surface area is 106 Å². The number of carboxylic acid groups (broad SMARTS) is 1. The van der Waals surface area contributed by atoms with Crippen molar-refractivity contribution in [2.45, 2.75) is 12.8 Å². The second kappa shape index (κ2) is 8.95. The molecule has 2 aromatic carbocycles. The van der Waals surface area contributed by atoms with Crippen LogP contribution in [0.1, 0.15) is 12.0 Å². The molecule has 0 radical (unpaired) electrons. The van der Waals surface area contributed by atoms with Gasteiger partial charge < -0.3 is 40.2 Å². The molecule has 0 fully saturated rings. The summed E-state index contributed by atoms with van der Waals surface area (Å²) in [5.74, 6) is -0.985. The van der Waals surface area contributed by atoms with Gasteiger partial charge in [-0.2, -0.15) is 17.7 Å². The Hall–Kier alpha value is -1.31. The first-order valence-electron chi connectivity index (χ1n) is 4.52. The van der Waals surface area contributed by atoms with Crippen molar-refractivity contribution in [2.75, 3.05) is 0 Å². The van der Waals surface area contributed by atoms with Gasteiger partial charge in [0.05, 0.1) is 0 Å². The van der Waals surface area contributed by atoms with Gasteiger partial charge in [0.25, 0.3) is 0 Å². The quantitative estimate of drug-likeness (QED) is 0.596. The van der Waals surface area contributed by atoms with Crippen molar-refractivity contribution in [3.8, 4) is 0 Å². The normalized spacial score (nSPS) is 8.50. The molecule has 16 heavy (non-hydrogen) atoms. The number of hydrogen-bond acceptors (Lipinski definition) is 2. The summed E-state index contributed by atoms with van der Waals surface area (Å²) in [7, 11) is 0. The molecule has 88 valence electrons. The van der Waals surface area contributed by atoms with Crippen LogP contribution in [-0.2, 0) is 28.3 Å². The zero-order valence-corrected chi connectivity index (χ0v) is 9.58. The molecule has 2 aromatic rings. The Bertz CT molecular complexity index is 332.